The second-order valence-electron chi connectivity index (χ2n) is 4.30. The number of aromatic amines is 1. The number of H-pyrrole nitrogens is 1. The first-order chi connectivity index (χ1) is 10.5. The summed E-state index contributed by atoms with van der Waals surface area (Å²) >= 11 is 0. The molecule has 22 heavy (non-hydrogen) atoms. The van der Waals surface area contributed by atoms with Crippen LogP contribution in [0.1, 0.15) is 5.69 Å². The molecule has 0 aliphatic rings. The fourth-order valence-electron chi connectivity index (χ4n) is 1.74. The van der Waals surface area contributed by atoms with E-state index in [-0.39, 0.29) is 11.6 Å². The molecule has 3 aromatic rings. The van der Waals surface area contributed by atoms with Crippen molar-refractivity contribution in [3.63, 3.8) is 0 Å². The molecule has 0 saturated heterocycles. The lowest BCUT2D eigenvalue weighted by Gasteiger charge is -2.11. The molecule has 2 N–H and O–H groups in total. The highest BCUT2D eigenvalue weighted by molar-refractivity contribution is 5.59. The fourth-order valence-corrected chi connectivity index (χ4v) is 1.74. The third-order valence-electron chi connectivity index (χ3n) is 2.70. The Labute approximate surface area is 122 Å². The van der Waals surface area contributed by atoms with Gasteiger partial charge in [0.2, 0.25) is 0 Å². The van der Waals surface area contributed by atoms with Gasteiger partial charge in [-0.2, -0.15) is 18.3 Å². The molecular formula is C13H9F3N6. The molecule has 0 saturated carbocycles. The number of rotatable bonds is 3. The van der Waals surface area contributed by atoms with Crippen molar-refractivity contribution in [1.29, 1.82) is 0 Å². The van der Waals surface area contributed by atoms with Crippen LogP contribution in [0.25, 0.3) is 11.4 Å². The first-order valence-corrected chi connectivity index (χ1v) is 6.15. The van der Waals surface area contributed by atoms with Crippen molar-refractivity contribution in [2.24, 2.45) is 0 Å². The number of nitrogens with zero attached hydrogens (tertiary/aromatic N) is 4. The molecule has 3 aromatic heterocycles. The lowest BCUT2D eigenvalue weighted by atomic mass is 10.2. The van der Waals surface area contributed by atoms with Gasteiger partial charge in [0.1, 0.15) is 11.6 Å². The maximum absolute atomic E-state index is 13.0. The minimum absolute atomic E-state index is 0.00503. The monoisotopic (exact) mass is 306 g/mol. The van der Waals surface area contributed by atoms with Gasteiger partial charge in [-0.25, -0.2) is 9.97 Å². The summed E-state index contributed by atoms with van der Waals surface area (Å²) in [6, 6.07) is 5.59. The zero-order valence-corrected chi connectivity index (χ0v) is 11.0. The van der Waals surface area contributed by atoms with Gasteiger partial charge in [-0.3, -0.25) is 10.1 Å². The Kier molecular flexibility index (Phi) is 3.45. The second-order valence-corrected chi connectivity index (χ2v) is 4.30. The molecule has 0 aromatic carbocycles. The summed E-state index contributed by atoms with van der Waals surface area (Å²) in [5.74, 6) is 0.360. The Morgan fingerprint density at radius 1 is 1.09 bits per heavy atom. The Hall–Kier alpha value is -2.97. The molecule has 0 unspecified atom stereocenters. The minimum Gasteiger partial charge on any atom is -0.325 e. The van der Waals surface area contributed by atoms with E-state index in [9.17, 15) is 13.2 Å². The summed E-state index contributed by atoms with van der Waals surface area (Å²) in [5, 5.41) is 9.01. The molecule has 112 valence electrons. The maximum Gasteiger partial charge on any atom is 0.433 e. The lowest BCUT2D eigenvalue weighted by Crippen LogP contribution is -2.11. The predicted octanol–water partition coefficient (Wildman–Crippen LogP) is 3.02. The van der Waals surface area contributed by atoms with Crippen LogP contribution >= 0.6 is 0 Å². The van der Waals surface area contributed by atoms with Crippen molar-refractivity contribution < 1.29 is 13.2 Å². The van der Waals surface area contributed by atoms with E-state index in [1.54, 1.807) is 18.2 Å². The molecule has 0 atom stereocenters. The first kappa shape index (κ1) is 14.0. The summed E-state index contributed by atoms with van der Waals surface area (Å²) in [7, 11) is 0. The molecule has 0 bridgehead atoms. The highest BCUT2D eigenvalue weighted by Gasteiger charge is 2.33. The van der Waals surface area contributed by atoms with Crippen molar-refractivity contribution >= 4 is 11.6 Å². The quantitative estimate of drug-likeness (QED) is 0.777. The van der Waals surface area contributed by atoms with Gasteiger partial charge < -0.3 is 5.32 Å². The zero-order valence-electron chi connectivity index (χ0n) is 11.0. The third-order valence-corrected chi connectivity index (χ3v) is 2.70. The van der Waals surface area contributed by atoms with Gasteiger partial charge in [-0.1, -0.05) is 0 Å². The van der Waals surface area contributed by atoms with Crippen LogP contribution in [0.3, 0.4) is 0 Å². The second kappa shape index (κ2) is 5.43. The molecule has 9 heteroatoms. The van der Waals surface area contributed by atoms with Crippen LogP contribution in [0, 0.1) is 0 Å². The van der Waals surface area contributed by atoms with Crippen LogP contribution in [0.4, 0.5) is 24.8 Å². The summed E-state index contributed by atoms with van der Waals surface area (Å²) in [5.41, 5.74) is -0.648. The number of alkyl halides is 3. The summed E-state index contributed by atoms with van der Waals surface area (Å²) in [6.07, 6.45) is -0.198. The Morgan fingerprint density at radius 3 is 2.59 bits per heavy atom. The number of hydrogen-bond donors (Lipinski definition) is 2. The minimum atomic E-state index is -4.58. The molecule has 3 rings (SSSR count). The number of pyridine rings is 1. The van der Waals surface area contributed by atoms with Crippen LogP contribution < -0.4 is 5.32 Å². The normalized spacial score (nSPS) is 11.4. The smallest absolute Gasteiger partial charge is 0.325 e. The Balaban J connectivity index is 2.06. The van der Waals surface area contributed by atoms with E-state index in [1.165, 1.54) is 18.6 Å². The van der Waals surface area contributed by atoms with Gasteiger partial charge in [-0.05, 0) is 12.1 Å². The van der Waals surface area contributed by atoms with Crippen LogP contribution in [0.5, 0.6) is 0 Å². The van der Waals surface area contributed by atoms with E-state index in [2.05, 4.69) is 30.5 Å². The van der Waals surface area contributed by atoms with Crippen molar-refractivity contribution in [3.8, 4) is 11.4 Å². The fraction of sp³-hybridized carbons (Fsp3) is 0.0769. The van der Waals surface area contributed by atoms with E-state index in [0.717, 1.165) is 6.07 Å². The van der Waals surface area contributed by atoms with Crippen LogP contribution in [-0.4, -0.2) is 25.1 Å². The van der Waals surface area contributed by atoms with Crippen molar-refractivity contribution in [2.45, 2.75) is 6.18 Å². The predicted molar refractivity (Wildman–Crippen MR) is 72.1 cm³/mol. The molecule has 0 spiro atoms. The molecule has 3 heterocycles. The third kappa shape index (κ3) is 3.03. The molecular weight excluding hydrogens is 297 g/mol. The van der Waals surface area contributed by atoms with E-state index in [4.69, 9.17) is 0 Å². The standard InChI is InChI=1S/C13H9F3N6/c14-13(15,16)9-6-11(20-10-3-5-18-22-10)21-12(19-9)8-2-1-4-17-7-8/h1-7H,(H2,18,19,20,21,22). The molecule has 0 aliphatic carbocycles. The molecule has 0 aliphatic heterocycles. The van der Waals surface area contributed by atoms with Crippen molar-refractivity contribution in [1.82, 2.24) is 25.1 Å². The molecule has 0 amide bonds. The highest BCUT2D eigenvalue weighted by atomic mass is 19.4. The van der Waals surface area contributed by atoms with Gasteiger partial charge in [0.05, 0.1) is 6.20 Å². The highest BCUT2D eigenvalue weighted by Crippen LogP contribution is 2.31. The summed E-state index contributed by atoms with van der Waals surface area (Å²) in [4.78, 5) is 11.5. The zero-order chi connectivity index (χ0) is 15.6. The molecule has 0 fully saturated rings. The topological polar surface area (TPSA) is 79.4 Å². The molecule has 0 radical (unpaired) electrons. The van der Waals surface area contributed by atoms with Crippen LogP contribution in [0.15, 0.2) is 42.9 Å². The first-order valence-electron chi connectivity index (χ1n) is 6.15. The lowest BCUT2D eigenvalue weighted by molar-refractivity contribution is -0.141. The average molecular weight is 306 g/mol. The van der Waals surface area contributed by atoms with Gasteiger partial charge in [0.15, 0.2) is 11.5 Å². The Bertz CT molecular complexity index is 755. The molecule has 6 nitrogen and oxygen atoms in total. The van der Waals surface area contributed by atoms with E-state index < -0.39 is 11.9 Å². The van der Waals surface area contributed by atoms with Gasteiger partial charge >= 0.3 is 6.18 Å². The van der Waals surface area contributed by atoms with E-state index in [0.29, 0.717) is 11.4 Å². The summed E-state index contributed by atoms with van der Waals surface area (Å²) in [6.45, 7) is 0. The summed E-state index contributed by atoms with van der Waals surface area (Å²) < 4.78 is 39.0. The van der Waals surface area contributed by atoms with E-state index >= 15 is 0 Å². The maximum atomic E-state index is 13.0. The number of hydrogen-bond acceptors (Lipinski definition) is 5. The van der Waals surface area contributed by atoms with Gasteiger partial charge in [0.25, 0.3) is 0 Å². The van der Waals surface area contributed by atoms with Crippen molar-refractivity contribution in [2.75, 3.05) is 5.32 Å². The number of nitrogens with one attached hydrogen (secondary N) is 2. The van der Waals surface area contributed by atoms with E-state index in [1.807, 2.05) is 0 Å². The SMILES string of the molecule is FC(F)(F)c1cc(Nc2ccn[nH]2)nc(-c2cccnc2)n1. The van der Waals surface area contributed by atoms with Crippen LogP contribution in [0.2, 0.25) is 0 Å². The number of anilines is 2. The number of halogens is 3. The van der Waals surface area contributed by atoms with Gasteiger partial charge in [-0.15, -0.1) is 0 Å². The van der Waals surface area contributed by atoms with Gasteiger partial charge in [0, 0.05) is 30.1 Å². The van der Waals surface area contributed by atoms with Crippen molar-refractivity contribution in [3.05, 3.63) is 48.5 Å². The van der Waals surface area contributed by atoms with Crippen LogP contribution in [-0.2, 0) is 6.18 Å². The average Bonchev–Trinajstić information content (AvgIpc) is 3.00. The Morgan fingerprint density at radius 2 is 1.95 bits per heavy atom. The number of aromatic nitrogens is 5. The largest absolute Gasteiger partial charge is 0.433 e.